The molecule has 1 saturated heterocycles. The molecule has 0 amide bonds. The molecular formula is C19H19N5. The third-order valence-electron chi connectivity index (χ3n) is 5.01. The van der Waals surface area contributed by atoms with E-state index in [0.717, 1.165) is 30.2 Å². The number of benzene rings is 1. The van der Waals surface area contributed by atoms with Gasteiger partial charge in [-0.15, -0.1) is 0 Å². The van der Waals surface area contributed by atoms with Crippen LogP contribution in [0.1, 0.15) is 18.4 Å². The molecule has 0 aliphatic carbocycles. The number of rotatable bonds is 2. The van der Waals surface area contributed by atoms with E-state index in [1.165, 1.54) is 34.9 Å². The Kier molecular flexibility index (Phi) is 2.89. The van der Waals surface area contributed by atoms with Gasteiger partial charge in [-0.2, -0.15) is 0 Å². The third kappa shape index (κ3) is 1.87. The molecule has 0 radical (unpaired) electrons. The summed E-state index contributed by atoms with van der Waals surface area (Å²) in [5.41, 5.74) is 5.67. The van der Waals surface area contributed by atoms with E-state index in [4.69, 9.17) is 4.98 Å². The molecule has 5 nitrogen and oxygen atoms in total. The maximum atomic E-state index is 4.69. The zero-order valence-corrected chi connectivity index (χ0v) is 13.7. The molecule has 0 unspecified atom stereocenters. The molecular weight excluding hydrogens is 298 g/mol. The van der Waals surface area contributed by atoms with Crippen LogP contribution in [-0.4, -0.2) is 32.4 Å². The molecule has 3 aromatic heterocycles. The fourth-order valence-electron chi connectivity index (χ4n) is 3.77. The maximum absolute atomic E-state index is 4.69. The quantitative estimate of drug-likeness (QED) is 0.612. The molecule has 4 aromatic rings. The number of fused-ring (bicyclic) bond motifs is 2. The molecule has 0 spiro atoms. The molecule has 0 saturated carbocycles. The Morgan fingerprint density at radius 1 is 1.12 bits per heavy atom. The highest BCUT2D eigenvalue weighted by Crippen LogP contribution is 2.32. The molecule has 1 aliphatic rings. The summed E-state index contributed by atoms with van der Waals surface area (Å²) in [7, 11) is 0. The standard InChI is InChI=1S/C19H19N5/c1-13-5-4-6-14-15(11-21-17(13)14)16-12-22-19-18(20-7-10-24(16)19)23-8-2-3-9-23/h4-7,10-12,21H,2-3,8-9H2,1H3. The second kappa shape index (κ2) is 5.09. The number of nitrogens with zero attached hydrogens (tertiary/aromatic N) is 4. The van der Waals surface area contributed by atoms with E-state index in [1.54, 1.807) is 0 Å². The topological polar surface area (TPSA) is 49.2 Å². The summed E-state index contributed by atoms with van der Waals surface area (Å²) in [4.78, 5) is 15.0. The van der Waals surface area contributed by atoms with E-state index in [2.05, 4.69) is 50.6 Å². The zero-order valence-electron chi connectivity index (χ0n) is 13.7. The largest absolute Gasteiger partial charge is 0.360 e. The highest BCUT2D eigenvalue weighted by Gasteiger charge is 2.19. The van der Waals surface area contributed by atoms with Crippen LogP contribution in [0.4, 0.5) is 5.82 Å². The summed E-state index contributed by atoms with van der Waals surface area (Å²) in [6.45, 7) is 4.27. The number of anilines is 1. The summed E-state index contributed by atoms with van der Waals surface area (Å²) >= 11 is 0. The Morgan fingerprint density at radius 3 is 2.88 bits per heavy atom. The Morgan fingerprint density at radius 2 is 2.00 bits per heavy atom. The van der Waals surface area contributed by atoms with Gasteiger partial charge in [0.25, 0.3) is 0 Å². The summed E-state index contributed by atoms with van der Waals surface area (Å²) in [5.74, 6) is 0.997. The van der Waals surface area contributed by atoms with Crippen molar-refractivity contribution in [2.75, 3.05) is 18.0 Å². The summed E-state index contributed by atoms with van der Waals surface area (Å²) in [5, 5.41) is 1.23. The summed E-state index contributed by atoms with van der Waals surface area (Å²) in [6, 6.07) is 6.40. The van der Waals surface area contributed by atoms with E-state index in [0.29, 0.717) is 0 Å². The lowest BCUT2D eigenvalue weighted by Crippen LogP contribution is -2.19. The van der Waals surface area contributed by atoms with Gasteiger partial charge in [0.1, 0.15) is 0 Å². The van der Waals surface area contributed by atoms with Gasteiger partial charge in [0.15, 0.2) is 11.5 Å². The minimum absolute atomic E-state index is 0.941. The van der Waals surface area contributed by atoms with Crippen LogP contribution < -0.4 is 4.90 Å². The number of para-hydroxylation sites is 1. The molecule has 5 heteroatoms. The predicted octanol–water partition coefficient (Wildman–Crippen LogP) is 3.79. The fraction of sp³-hybridized carbons (Fsp3) is 0.263. The molecule has 0 bridgehead atoms. The molecule has 0 atom stereocenters. The SMILES string of the molecule is Cc1cccc2c(-c3cnc4c(N5CCCC5)nccn34)c[nH]c12. The molecule has 1 N–H and O–H groups in total. The highest BCUT2D eigenvalue weighted by molar-refractivity contribution is 5.96. The number of nitrogens with one attached hydrogen (secondary N) is 1. The molecule has 1 fully saturated rings. The van der Waals surface area contributed by atoms with Crippen molar-refractivity contribution >= 4 is 22.4 Å². The van der Waals surface area contributed by atoms with Crippen LogP contribution in [0, 0.1) is 6.92 Å². The number of aromatic nitrogens is 4. The minimum atomic E-state index is 0.941. The van der Waals surface area contributed by atoms with Crippen molar-refractivity contribution in [3.63, 3.8) is 0 Å². The van der Waals surface area contributed by atoms with Crippen molar-refractivity contribution in [2.45, 2.75) is 19.8 Å². The third-order valence-corrected chi connectivity index (χ3v) is 5.01. The second-order valence-electron chi connectivity index (χ2n) is 6.48. The van der Waals surface area contributed by atoms with Crippen molar-refractivity contribution in [3.8, 4) is 11.3 Å². The van der Waals surface area contributed by atoms with E-state index < -0.39 is 0 Å². The normalized spacial score (nSPS) is 15.0. The molecule has 24 heavy (non-hydrogen) atoms. The average molecular weight is 317 g/mol. The zero-order chi connectivity index (χ0) is 16.1. The maximum Gasteiger partial charge on any atom is 0.180 e. The van der Waals surface area contributed by atoms with Gasteiger partial charge in [-0.25, -0.2) is 9.97 Å². The number of imidazole rings is 1. The molecule has 1 aromatic carbocycles. The number of aromatic amines is 1. The van der Waals surface area contributed by atoms with Gasteiger partial charge in [-0.1, -0.05) is 18.2 Å². The van der Waals surface area contributed by atoms with E-state index in [9.17, 15) is 0 Å². The lowest BCUT2D eigenvalue weighted by molar-refractivity contribution is 0.928. The lowest BCUT2D eigenvalue weighted by atomic mass is 10.1. The van der Waals surface area contributed by atoms with Crippen LogP contribution in [0.2, 0.25) is 0 Å². The Balaban J connectivity index is 1.72. The monoisotopic (exact) mass is 317 g/mol. The Bertz CT molecular complexity index is 1040. The van der Waals surface area contributed by atoms with Crippen molar-refractivity contribution < 1.29 is 0 Å². The van der Waals surface area contributed by atoms with Crippen LogP contribution in [0.5, 0.6) is 0 Å². The van der Waals surface area contributed by atoms with Crippen molar-refractivity contribution in [3.05, 3.63) is 48.5 Å². The van der Waals surface area contributed by atoms with E-state index >= 15 is 0 Å². The van der Waals surface area contributed by atoms with Gasteiger partial charge in [0.2, 0.25) is 0 Å². The van der Waals surface area contributed by atoms with Gasteiger partial charge in [-0.05, 0) is 25.3 Å². The van der Waals surface area contributed by atoms with Crippen molar-refractivity contribution in [1.82, 2.24) is 19.4 Å². The van der Waals surface area contributed by atoms with Crippen LogP contribution in [0.15, 0.2) is 43.0 Å². The fourth-order valence-corrected chi connectivity index (χ4v) is 3.77. The molecule has 1 aliphatic heterocycles. The smallest absolute Gasteiger partial charge is 0.180 e. The molecule has 4 heterocycles. The van der Waals surface area contributed by atoms with Crippen LogP contribution >= 0.6 is 0 Å². The first kappa shape index (κ1) is 13.6. The minimum Gasteiger partial charge on any atom is -0.360 e. The first-order valence-corrected chi connectivity index (χ1v) is 8.47. The highest BCUT2D eigenvalue weighted by atomic mass is 15.2. The van der Waals surface area contributed by atoms with Crippen LogP contribution in [0.25, 0.3) is 27.8 Å². The average Bonchev–Trinajstić information content (AvgIpc) is 3.33. The summed E-state index contributed by atoms with van der Waals surface area (Å²) in [6.07, 6.45) is 10.4. The van der Waals surface area contributed by atoms with Crippen molar-refractivity contribution in [1.29, 1.82) is 0 Å². The van der Waals surface area contributed by atoms with Gasteiger partial charge >= 0.3 is 0 Å². The number of hydrogen-bond acceptors (Lipinski definition) is 3. The van der Waals surface area contributed by atoms with E-state index in [-0.39, 0.29) is 0 Å². The van der Waals surface area contributed by atoms with Crippen LogP contribution in [-0.2, 0) is 0 Å². The number of hydrogen-bond donors (Lipinski definition) is 1. The van der Waals surface area contributed by atoms with Gasteiger partial charge in [0, 0.05) is 48.1 Å². The first-order chi connectivity index (χ1) is 11.8. The van der Waals surface area contributed by atoms with Gasteiger partial charge in [-0.3, -0.25) is 4.40 Å². The molecule has 5 rings (SSSR count). The van der Waals surface area contributed by atoms with Crippen LogP contribution in [0.3, 0.4) is 0 Å². The number of aryl methyl sites for hydroxylation is 1. The van der Waals surface area contributed by atoms with Gasteiger partial charge in [0.05, 0.1) is 11.9 Å². The second-order valence-corrected chi connectivity index (χ2v) is 6.48. The number of H-pyrrole nitrogens is 1. The van der Waals surface area contributed by atoms with Gasteiger partial charge < -0.3 is 9.88 Å². The van der Waals surface area contributed by atoms with Crippen molar-refractivity contribution in [2.24, 2.45) is 0 Å². The Hall–Kier alpha value is -2.82. The van der Waals surface area contributed by atoms with E-state index in [1.807, 2.05) is 18.6 Å². The lowest BCUT2D eigenvalue weighted by Gasteiger charge is -2.16. The summed E-state index contributed by atoms with van der Waals surface area (Å²) < 4.78 is 2.16. The predicted molar refractivity (Wildman–Crippen MR) is 96.5 cm³/mol. The molecule has 120 valence electrons. The Labute approximate surface area is 140 Å². The first-order valence-electron chi connectivity index (χ1n) is 8.47.